The third kappa shape index (κ3) is 6.62. The van der Waals surface area contributed by atoms with Gasteiger partial charge in [-0.25, -0.2) is 4.79 Å². The highest BCUT2D eigenvalue weighted by Crippen LogP contribution is 2.28. The van der Waals surface area contributed by atoms with Crippen LogP contribution in [0.1, 0.15) is 11.1 Å². The van der Waals surface area contributed by atoms with E-state index in [1.807, 2.05) is 121 Å². The maximum Gasteiger partial charge on any atom is 0.321 e. The monoisotopic (exact) mass is 538 g/mol. The van der Waals surface area contributed by atoms with Gasteiger partial charge in [-0.2, -0.15) is 0 Å². The molecule has 0 spiro atoms. The van der Waals surface area contributed by atoms with E-state index in [0.29, 0.717) is 11.5 Å². The molecule has 1 saturated heterocycles. The predicted molar refractivity (Wildman–Crippen MR) is 153 cm³/mol. The molecular formula is C33H34N2O5. The second-order valence-corrected chi connectivity index (χ2v) is 9.87. The van der Waals surface area contributed by atoms with Crippen molar-refractivity contribution < 1.29 is 24.5 Å². The van der Waals surface area contributed by atoms with Gasteiger partial charge in [0.15, 0.2) is 0 Å². The van der Waals surface area contributed by atoms with Gasteiger partial charge in [0, 0.05) is 13.1 Å². The molecule has 4 atom stereocenters. The van der Waals surface area contributed by atoms with Gasteiger partial charge in [-0.15, -0.1) is 0 Å². The van der Waals surface area contributed by atoms with Crippen LogP contribution in [0.5, 0.6) is 11.5 Å². The fourth-order valence-electron chi connectivity index (χ4n) is 4.98. The van der Waals surface area contributed by atoms with Crippen LogP contribution < -0.4 is 9.47 Å². The molecule has 0 aliphatic carbocycles. The summed E-state index contributed by atoms with van der Waals surface area (Å²) >= 11 is 0. The van der Waals surface area contributed by atoms with E-state index in [4.69, 9.17) is 9.47 Å². The Morgan fingerprint density at radius 1 is 0.525 bits per heavy atom. The number of benzene rings is 4. The van der Waals surface area contributed by atoms with E-state index in [0.717, 1.165) is 11.1 Å². The number of aliphatic hydroxyl groups excluding tert-OH is 2. The van der Waals surface area contributed by atoms with Crippen molar-refractivity contribution in [3.05, 3.63) is 132 Å². The molecular weight excluding hydrogens is 504 g/mol. The van der Waals surface area contributed by atoms with Gasteiger partial charge >= 0.3 is 6.03 Å². The van der Waals surface area contributed by atoms with Crippen LogP contribution in [0.2, 0.25) is 0 Å². The van der Waals surface area contributed by atoms with Gasteiger partial charge < -0.3 is 29.5 Å². The van der Waals surface area contributed by atoms with Crippen molar-refractivity contribution in [1.82, 2.24) is 9.80 Å². The highest BCUT2D eigenvalue weighted by atomic mass is 16.5. The highest BCUT2D eigenvalue weighted by molar-refractivity contribution is 5.76. The Morgan fingerprint density at radius 3 is 1.20 bits per heavy atom. The first-order valence-electron chi connectivity index (χ1n) is 13.5. The third-order valence-electron chi connectivity index (χ3n) is 7.15. The molecule has 4 aromatic rings. The normalized spacial score (nSPS) is 21.1. The summed E-state index contributed by atoms with van der Waals surface area (Å²) in [5.41, 5.74) is 1.81. The van der Waals surface area contributed by atoms with Crippen LogP contribution in [0, 0.1) is 0 Å². The largest absolute Gasteiger partial charge is 0.491 e. The first kappa shape index (κ1) is 27.2. The van der Waals surface area contributed by atoms with Gasteiger partial charge in [0.25, 0.3) is 0 Å². The summed E-state index contributed by atoms with van der Waals surface area (Å²) in [5.74, 6) is 1.23. The number of carbonyl (C=O) groups is 1. The summed E-state index contributed by atoms with van der Waals surface area (Å²) in [6.45, 7) is 0.492. The maximum absolute atomic E-state index is 14.4. The van der Waals surface area contributed by atoms with E-state index in [9.17, 15) is 15.0 Å². The first-order valence-corrected chi connectivity index (χ1v) is 13.5. The lowest BCUT2D eigenvalue weighted by atomic mass is 9.99. The van der Waals surface area contributed by atoms with Crippen molar-refractivity contribution in [3.63, 3.8) is 0 Å². The van der Waals surface area contributed by atoms with Crippen LogP contribution in [0.15, 0.2) is 121 Å². The Hall–Kier alpha value is -4.33. The van der Waals surface area contributed by atoms with E-state index in [2.05, 4.69) is 0 Å². The number of amides is 2. The van der Waals surface area contributed by atoms with E-state index < -0.39 is 24.3 Å². The lowest BCUT2D eigenvalue weighted by Gasteiger charge is -2.35. The molecule has 1 aliphatic heterocycles. The predicted octanol–water partition coefficient (Wildman–Crippen LogP) is 4.74. The maximum atomic E-state index is 14.4. The quantitative estimate of drug-likeness (QED) is 0.305. The summed E-state index contributed by atoms with van der Waals surface area (Å²) in [4.78, 5) is 17.6. The number of rotatable bonds is 10. The number of para-hydroxylation sites is 2. The molecule has 0 aromatic heterocycles. The molecule has 7 nitrogen and oxygen atoms in total. The number of nitrogens with zero attached hydrogens (tertiary/aromatic N) is 2. The van der Waals surface area contributed by atoms with Crippen LogP contribution in [0.25, 0.3) is 0 Å². The van der Waals surface area contributed by atoms with Crippen LogP contribution in [0.3, 0.4) is 0 Å². The van der Waals surface area contributed by atoms with Gasteiger partial charge in [0.1, 0.15) is 36.9 Å². The summed E-state index contributed by atoms with van der Waals surface area (Å²) in [6, 6.07) is 35.8. The number of carbonyl (C=O) groups excluding carboxylic acids is 1. The topological polar surface area (TPSA) is 82.5 Å². The zero-order chi connectivity index (χ0) is 27.7. The molecule has 0 radical (unpaired) electrons. The molecule has 4 aromatic carbocycles. The summed E-state index contributed by atoms with van der Waals surface area (Å²) in [7, 11) is 0. The van der Waals surface area contributed by atoms with Crippen molar-refractivity contribution in [2.75, 3.05) is 13.2 Å². The van der Waals surface area contributed by atoms with Gasteiger partial charge in [0.05, 0.1) is 12.1 Å². The van der Waals surface area contributed by atoms with Gasteiger partial charge in [-0.3, -0.25) is 0 Å². The van der Waals surface area contributed by atoms with Crippen molar-refractivity contribution >= 4 is 6.03 Å². The number of aliphatic hydroxyl groups is 2. The van der Waals surface area contributed by atoms with Gasteiger partial charge in [-0.05, 0) is 35.4 Å². The lowest BCUT2D eigenvalue weighted by Crippen LogP contribution is -2.52. The minimum atomic E-state index is -1.29. The molecule has 0 unspecified atom stereocenters. The van der Waals surface area contributed by atoms with Crippen molar-refractivity contribution in [2.45, 2.75) is 37.4 Å². The molecule has 1 heterocycles. The highest BCUT2D eigenvalue weighted by Gasteiger charge is 2.47. The van der Waals surface area contributed by atoms with E-state index in [-0.39, 0.29) is 32.3 Å². The third-order valence-corrected chi connectivity index (χ3v) is 7.15. The smallest absolute Gasteiger partial charge is 0.321 e. The number of ether oxygens (including phenoxy) is 2. The second kappa shape index (κ2) is 13.2. The van der Waals surface area contributed by atoms with Crippen molar-refractivity contribution in [3.8, 4) is 11.5 Å². The minimum Gasteiger partial charge on any atom is -0.491 e. The molecule has 0 bridgehead atoms. The molecule has 1 fully saturated rings. The van der Waals surface area contributed by atoms with Crippen LogP contribution in [0.4, 0.5) is 4.79 Å². The Morgan fingerprint density at radius 2 is 0.850 bits per heavy atom. The molecule has 5 rings (SSSR count). The molecule has 40 heavy (non-hydrogen) atoms. The summed E-state index contributed by atoms with van der Waals surface area (Å²) in [5, 5.41) is 23.2. The fraction of sp³-hybridized carbons (Fsp3) is 0.242. The minimum absolute atomic E-state index is 0.00620. The molecule has 7 heteroatoms. The standard InChI is InChI=1S/C33H34N2O5/c36-31-29(23-39-27-17-9-3-10-18-27)34(21-25-13-5-1-6-14-25)33(38)35(22-26-15-7-2-8-16-26)30(32(31)37)24-40-28-19-11-4-12-20-28/h1-20,29-32,36-37H,21-24H2/t29-,30-,31+,32+/m0/s1. The van der Waals surface area contributed by atoms with Crippen LogP contribution >= 0.6 is 0 Å². The van der Waals surface area contributed by atoms with E-state index in [1.54, 1.807) is 9.80 Å². The molecule has 1 aliphatic rings. The number of hydrogen-bond donors (Lipinski definition) is 2. The molecule has 0 saturated carbocycles. The first-order chi connectivity index (χ1) is 19.6. The molecule has 2 N–H and O–H groups in total. The number of urea groups is 1. The lowest BCUT2D eigenvalue weighted by molar-refractivity contribution is -0.0565. The average molecular weight is 539 g/mol. The van der Waals surface area contributed by atoms with Crippen molar-refractivity contribution in [1.29, 1.82) is 0 Å². The SMILES string of the molecule is O=C1N(Cc2ccccc2)[C@@H](COc2ccccc2)[C@@H](O)[C@H](O)[C@H](COc2ccccc2)N1Cc1ccccc1. The Balaban J connectivity index is 1.50. The summed E-state index contributed by atoms with van der Waals surface area (Å²) < 4.78 is 12.1. The Bertz CT molecular complexity index is 1220. The van der Waals surface area contributed by atoms with Crippen molar-refractivity contribution in [2.24, 2.45) is 0 Å². The average Bonchev–Trinajstić information content (AvgIpc) is 3.07. The van der Waals surface area contributed by atoms with Gasteiger partial charge in [0.2, 0.25) is 0 Å². The zero-order valence-electron chi connectivity index (χ0n) is 22.2. The van der Waals surface area contributed by atoms with E-state index in [1.165, 1.54) is 0 Å². The van der Waals surface area contributed by atoms with Crippen LogP contribution in [-0.4, -0.2) is 63.5 Å². The van der Waals surface area contributed by atoms with Gasteiger partial charge in [-0.1, -0.05) is 97.1 Å². The number of hydrogen-bond acceptors (Lipinski definition) is 5. The molecule has 206 valence electrons. The van der Waals surface area contributed by atoms with E-state index >= 15 is 0 Å². The summed E-state index contributed by atoms with van der Waals surface area (Å²) in [6.07, 6.45) is -2.58. The molecule has 2 amide bonds. The Labute approximate surface area is 234 Å². The Kier molecular flexibility index (Phi) is 8.96. The zero-order valence-corrected chi connectivity index (χ0v) is 22.2. The second-order valence-electron chi connectivity index (χ2n) is 9.87. The van der Waals surface area contributed by atoms with Crippen LogP contribution in [-0.2, 0) is 13.1 Å². The fourth-order valence-corrected chi connectivity index (χ4v) is 4.98.